The fourth-order valence-corrected chi connectivity index (χ4v) is 1.58. The monoisotopic (exact) mass is 324 g/mol. The van der Waals surface area contributed by atoms with Crippen molar-refractivity contribution >= 4 is 6.08 Å². The van der Waals surface area contributed by atoms with Crippen LogP contribution in [-0.4, -0.2) is 0 Å². The molecule has 1 aliphatic carbocycles. The van der Waals surface area contributed by atoms with E-state index >= 15 is 0 Å². The Bertz CT molecular complexity index is 300. The summed E-state index contributed by atoms with van der Waals surface area (Å²) in [6.45, 7) is 2.22. The van der Waals surface area contributed by atoms with Gasteiger partial charge in [-0.3, -0.25) is 0 Å². The molecule has 0 nitrogen and oxygen atoms in total. The third-order valence-electron chi connectivity index (χ3n) is 2.29. The molecule has 0 saturated heterocycles. The molecule has 0 spiro atoms. The van der Waals surface area contributed by atoms with E-state index < -0.39 is 0 Å². The molecule has 0 unspecified atom stereocenters. The van der Waals surface area contributed by atoms with E-state index in [1.165, 1.54) is 24.0 Å². The fraction of sp³-hybridized carbons (Fsp3) is 0.273. The minimum Gasteiger partial charge on any atom is -0.0655 e. The van der Waals surface area contributed by atoms with E-state index in [0.29, 0.717) is 0 Å². The number of rotatable bonds is 1. The first-order chi connectivity index (χ1) is 5.40. The standard InChI is InChI=1S/C11H12.Hf/c1-2-9-7-10-5-3-4-6-11(10)8-9;/h3-7H,2,8H2,1H3;. The minimum atomic E-state index is 0. The molecule has 2 rings (SSSR count). The van der Waals surface area contributed by atoms with Crippen LogP contribution in [0.25, 0.3) is 6.08 Å². The van der Waals surface area contributed by atoms with Crippen LogP contribution in [0.5, 0.6) is 0 Å². The Morgan fingerprint density at radius 1 is 1.25 bits per heavy atom. The second kappa shape index (κ2) is 4.18. The Kier molecular flexibility index (Phi) is 3.45. The molecule has 0 saturated carbocycles. The molecule has 0 N–H and O–H groups in total. The van der Waals surface area contributed by atoms with Crippen molar-refractivity contribution in [3.8, 4) is 0 Å². The first-order valence-corrected chi connectivity index (χ1v) is 4.17. The summed E-state index contributed by atoms with van der Waals surface area (Å²) in [5, 5.41) is 0. The van der Waals surface area contributed by atoms with Gasteiger partial charge in [0.1, 0.15) is 0 Å². The normalized spacial score (nSPS) is 13.2. The Morgan fingerprint density at radius 3 is 2.67 bits per heavy atom. The predicted octanol–water partition coefficient (Wildman–Crippen LogP) is 3.03. The number of hydrogen-bond acceptors (Lipinski definition) is 0. The van der Waals surface area contributed by atoms with Crippen molar-refractivity contribution in [3.63, 3.8) is 0 Å². The molecular weight excluding hydrogens is 311 g/mol. The van der Waals surface area contributed by atoms with Crippen molar-refractivity contribution in [2.45, 2.75) is 19.8 Å². The van der Waals surface area contributed by atoms with E-state index in [0.717, 1.165) is 0 Å². The van der Waals surface area contributed by atoms with E-state index in [4.69, 9.17) is 0 Å². The van der Waals surface area contributed by atoms with E-state index in [9.17, 15) is 0 Å². The third kappa shape index (κ3) is 1.77. The first-order valence-electron chi connectivity index (χ1n) is 4.17. The van der Waals surface area contributed by atoms with Gasteiger partial charge in [-0.1, -0.05) is 42.8 Å². The van der Waals surface area contributed by atoms with Gasteiger partial charge in [-0.05, 0) is 24.0 Å². The van der Waals surface area contributed by atoms with Crippen LogP contribution in [-0.2, 0) is 32.3 Å². The van der Waals surface area contributed by atoms with Gasteiger partial charge in [0, 0.05) is 25.8 Å². The minimum absolute atomic E-state index is 0. The number of allylic oxidation sites excluding steroid dienone is 1. The first kappa shape index (κ1) is 9.91. The van der Waals surface area contributed by atoms with Crippen LogP contribution in [0.1, 0.15) is 24.5 Å². The second-order valence-corrected chi connectivity index (χ2v) is 3.03. The van der Waals surface area contributed by atoms with Crippen molar-refractivity contribution in [2.24, 2.45) is 0 Å². The smallest absolute Gasteiger partial charge is 0 e. The summed E-state index contributed by atoms with van der Waals surface area (Å²) < 4.78 is 0. The van der Waals surface area contributed by atoms with Crippen molar-refractivity contribution < 1.29 is 25.8 Å². The third-order valence-corrected chi connectivity index (χ3v) is 2.29. The Hall–Kier alpha value is -0.170. The van der Waals surface area contributed by atoms with Gasteiger partial charge in [0.25, 0.3) is 0 Å². The summed E-state index contributed by atoms with van der Waals surface area (Å²) in [6.07, 6.45) is 4.68. The average Bonchev–Trinajstić information content (AvgIpc) is 2.46. The van der Waals surface area contributed by atoms with Gasteiger partial charge in [-0.15, -0.1) is 0 Å². The van der Waals surface area contributed by atoms with Crippen molar-refractivity contribution in [3.05, 3.63) is 41.0 Å². The van der Waals surface area contributed by atoms with Gasteiger partial charge in [-0.2, -0.15) is 0 Å². The van der Waals surface area contributed by atoms with Crippen LogP contribution in [0, 0.1) is 0 Å². The molecule has 0 radical (unpaired) electrons. The van der Waals surface area contributed by atoms with Crippen LogP contribution >= 0.6 is 0 Å². The molecule has 1 heteroatoms. The van der Waals surface area contributed by atoms with Crippen molar-refractivity contribution in [1.82, 2.24) is 0 Å². The van der Waals surface area contributed by atoms with Crippen molar-refractivity contribution in [2.75, 3.05) is 0 Å². The summed E-state index contributed by atoms with van der Waals surface area (Å²) in [6, 6.07) is 8.63. The quantitative estimate of drug-likeness (QED) is 0.697. The Morgan fingerprint density at radius 2 is 2.00 bits per heavy atom. The predicted molar refractivity (Wildman–Crippen MR) is 48.4 cm³/mol. The molecule has 0 atom stereocenters. The van der Waals surface area contributed by atoms with Crippen LogP contribution in [0.4, 0.5) is 0 Å². The molecule has 60 valence electrons. The van der Waals surface area contributed by atoms with Gasteiger partial charge in [0.15, 0.2) is 0 Å². The summed E-state index contributed by atoms with van der Waals surface area (Å²) in [7, 11) is 0. The fourth-order valence-electron chi connectivity index (χ4n) is 1.58. The Balaban J connectivity index is 0.000000720. The molecule has 0 aromatic heterocycles. The van der Waals surface area contributed by atoms with E-state index in [1.807, 2.05) is 0 Å². The van der Waals surface area contributed by atoms with Crippen LogP contribution in [0.2, 0.25) is 0 Å². The van der Waals surface area contributed by atoms with Gasteiger partial charge in [-0.25, -0.2) is 0 Å². The van der Waals surface area contributed by atoms with E-state index in [1.54, 1.807) is 5.57 Å². The van der Waals surface area contributed by atoms with E-state index in [2.05, 4.69) is 37.3 Å². The zero-order chi connectivity index (χ0) is 7.68. The summed E-state index contributed by atoms with van der Waals surface area (Å²) in [5.41, 5.74) is 4.47. The molecule has 0 amide bonds. The van der Waals surface area contributed by atoms with Gasteiger partial charge >= 0.3 is 0 Å². The van der Waals surface area contributed by atoms with Crippen molar-refractivity contribution in [1.29, 1.82) is 0 Å². The molecule has 1 aromatic carbocycles. The molecular formula is C11H12Hf. The maximum absolute atomic E-state index is 2.31. The molecule has 1 aliphatic rings. The maximum atomic E-state index is 2.31. The van der Waals surface area contributed by atoms with Crippen LogP contribution in [0.15, 0.2) is 29.8 Å². The number of fused-ring (bicyclic) bond motifs is 1. The second-order valence-electron chi connectivity index (χ2n) is 3.03. The number of hydrogen-bond donors (Lipinski definition) is 0. The zero-order valence-corrected chi connectivity index (χ0v) is 10.9. The number of benzene rings is 1. The molecule has 1 aromatic rings. The van der Waals surface area contributed by atoms with Crippen LogP contribution < -0.4 is 0 Å². The average molecular weight is 323 g/mol. The van der Waals surface area contributed by atoms with Gasteiger partial charge < -0.3 is 0 Å². The summed E-state index contributed by atoms with van der Waals surface area (Å²) >= 11 is 0. The zero-order valence-electron chi connectivity index (χ0n) is 7.30. The molecule has 0 bridgehead atoms. The maximum Gasteiger partial charge on any atom is 0 e. The summed E-state index contributed by atoms with van der Waals surface area (Å²) in [4.78, 5) is 0. The topological polar surface area (TPSA) is 0 Å². The molecule has 0 aliphatic heterocycles. The largest absolute Gasteiger partial charge is 0.0655 e. The Labute approximate surface area is 92.5 Å². The molecule has 0 heterocycles. The summed E-state index contributed by atoms with van der Waals surface area (Å²) in [5.74, 6) is 0. The molecule has 12 heavy (non-hydrogen) atoms. The van der Waals surface area contributed by atoms with Gasteiger partial charge in [0.2, 0.25) is 0 Å². The van der Waals surface area contributed by atoms with E-state index in [-0.39, 0.29) is 25.8 Å². The molecule has 0 fully saturated rings. The SMILES string of the molecule is CCC1=Cc2ccccc2C1.[Hf]. The van der Waals surface area contributed by atoms with Gasteiger partial charge in [0.05, 0.1) is 0 Å². The van der Waals surface area contributed by atoms with Crippen LogP contribution in [0.3, 0.4) is 0 Å².